The van der Waals surface area contributed by atoms with Gasteiger partial charge in [-0.15, -0.1) is 0 Å². The van der Waals surface area contributed by atoms with E-state index in [0.717, 1.165) is 5.56 Å². The summed E-state index contributed by atoms with van der Waals surface area (Å²) in [6, 6.07) is 6.52. The molecule has 0 aliphatic heterocycles. The van der Waals surface area contributed by atoms with Gasteiger partial charge in [-0.2, -0.15) is 0 Å². The number of hydrogen-bond donors (Lipinski definition) is 1. The van der Waals surface area contributed by atoms with Crippen LogP contribution in [0.5, 0.6) is 11.6 Å². The highest BCUT2D eigenvalue weighted by atomic mass is 16.6. The average Bonchev–Trinajstić information content (AvgIpc) is 2.41. The Balaban J connectivity index is 2.37. The third kappa shape index (κ3) is 3.35. The van der Waals surface area contributed by atoms with Gasteiger partial charge in [0.15, 0.2) is 0 Å². The fourth-order valence-corrected chi connectivity index (χ4v) is 2.00. The van der Waals surface area contributed by atoms with E-state index in [9.17, 15) is 15.2 Å². The summed E-state index contributed by atoms with van der Waals surface area (Å²) in [5, 5.41) is 20.6. The molecule has 2 rings (SSSR count). The van der Waals surface area contributed by atoms with E-state index < -0.39 is 11.0 Å². The van der Waals surface area contributed by atoms with Crippen LogP contribution in [0.3, 0.4) is 0 Å². The van der Waals surface area contributed by atoms with Crippen LogP contribution in [0.25, 0.3) is 0 Å². The maximum atomic E-state index is 11.1. The van der Waals surface area contributed by atoms with E-state index in [1.165, 1.54) is 12.3 Å². The lowest BCUT2D eigenvalue weighted by Gasteiger charge is -2.10. The van der Waals surface area contributed by atoms with Crippen molar-refractivity contribution in [2.75, 3.05) is 0 Å². The zero-order valence-electron chi connectivity index (χ0n) is 12.0. The number of nitrogens with zero attached hydrogens (tertiary/aromatic N) is 2. The lowest BCUT2D eigenvalue weighted by atomic mass is 10.1. The van der Waals surface area contributed by atoms with Gasteiger partial charge in [-0.05, 0) is 43.5 Å². The second kappa shape index (κ2) is 5.88. The van der Waals surface area contributed by atoms with Crippen molar-refractivity contribution in [3.05, 3.63) is 57.3 Å². The van der Waals surface area contributed by atoms with Gasteiger partial charge < -0.3 is 9.84 Å². The van der Waals surface area contributed by atoms with E-state index in [0.29, 0.717) is 11.1 Å². The number of nitro benzene ring substituents is 1. The number of benzene rings is 1. The Morgan fingerprint density at radius 3 is 2.57 bits per heavy atom. The highest BCUT2D eigenvalue weighted by Gasteiger charge is 2.19. The molecule has 0 saturated heterocycles. The Morgan fingerprint density at radius 1 is 1.33 bits per heavy atom. The summed E-state index contributed by atoms with van der Waals surface area (Å²) in [5.41, 5.74) is 2.03. The van der Waals surface area contributed by atoms with E-state index in [4.69, 9.17) is 4.74 Å². The van der Waals surface area contributed by atoms with Gasteiger partial charge in [0.1, 0.15) is 0 Å². The van der Waals surface area contributed by atoms with Crippen molar-refractivity contribution in [2.24, 2.45) is 0 Å². The number of aromatic nitrogens is 1. The third-order valence-corrected chi connectivity index (χ3v) is 3.04. The minimum absolute atomic E-state index is 0.0890. The van der Waals surface area contributed by atoms with Crippen LogP contribution in [0.15, 0.2) is 30.5 Å². The van der Waals surface area contributed by atoms with E-state index in [-0.39, 0.29) is 17.3 Å². The molecule has 1 aromatic carbocycles. The van der Waals surface area contributed by atoms with Crippen LogP contribution in [-0.4, -0.2) is 15.0 Å². The predicted octanol–water partition coefficient (Wildman–Crippen LogP) is 3.45. The molecule has 1 aromatic heterocycles. The Hall–Kier alpha value is -2.47. The summed E-state index contributed by atoms with van der Waals surface area (Å²) in [6.45, 7) is 5.17. The standard InChI is InChI=1S/C15H16N2O4/c1-9-6-10(2)15(13(7-9)17(19)20)21-14-5-4-12(8-16-14)11(3)18/h4-8,11,18H,1-3H3/t11-/m1/s1. The van der Waals surface area contributed by atoms with Gasteiger partial charge in [0, 0.05) is 18.3 Å². The molecule has 0 unspecified atom stereocenters. The van der Waals surface area contributed by atoms with Gasteiger partial charge in [-0.25, -0.2) is 4.98 Å². The van der Waals surface area contributed by atoms with Crippen LogP contribution < -0.4 is 4.74 Å². The molecular weight excluding hydrogens is 272 g/mol. The van der Waals surface area contributed by atoms with E-state index in [2.05, 4.69) is 4.98 Å². The SMILES string of the molecule is Cc1cc(C)c(Oc2ccc([C@@H](C)O)cn2)c([N+](=O)[O-])c1. The number of aliphatic hydroxyl groups excluding tert-OH is 1. The highest BCUT2D eigenvalue weighted by Crippen LogP contribution is 2.35. The van der Waals surface area contributed by atoms with Gasteiger partial charge in [0.2, 0.25) is 11.6 Å². The maximum Gasteiger partial charge on any atom is 0.312 e. The molecule has 0 radical (unpaired) electrons. The van der Waals surface area contributed by atoms with Crippen LogP contribution in [0.4, 0.5) is 5.69 Å². The van der Waals surface area contributed by atoms with Crippen molar-refractivity contribution in [1.82, 2.24) is 4.98 Å². The zero-order chi connectivity index (χ0) is 15.6. The van der Waals surface area contributed by atoms with Gasteiger partial charge >= 0.3 is 5.69 Å². The Bertz CT molecular complexity index is 666. The summed E-state index contributed by atoms with van der Waals surface area (Å²) in [4.78, 5) is 14.7. The number of pyridine rings is 1. The lowest BCUT2D eigenvalue weighted by Crippen LogP contribution is -1.99. The fraction of sp³-hybridized carbons (Fsp3) is 0.267. The molecule has 0 spiro atoms. The third-order valence-electron chi connectivity index (χ3n) is 3.04. The molecule has 1 atom stereocenters. The Morgan fingerprint density at radius 2 is 2.05 bits per heavy atom. The largest absolute Gasteiger partial charge is 0.432 e. The first-order chi connectivity index (χ1) is 9.88. The van der Waals surface area contributed by atoms with Gasteiger partial charge in [0.25, 0.3) is 0 Å². The van der Waals surface area contributed by atoms with Crippen molar-refractivity contribution >= 4 is 5.69 Å². The molecular formula is C15H16N2O4. The molecule has 6 nitrogen and oxygen atoms in total. The monoisotopic (exact) mass is 288 g/mol. The van der Waals surface area contributed by atoms with Crippen LogP contribution in [0.1, 0.15) is 29.7 Å². The minimum atomic E-state index is -0.623. The summed E-state index contributed by atoms with van der Waals surface area (Å²) in [7, 11) is 0. The second-order valence-corrected chi connectivity index (χ2v) is 4.89. The van der Waals surface area contributed by atoms with Gasteiger partial charge in [-0.3, -0.25) is 10.1 Å². The van der Waals surface area contributed by atoms with E-state index in [1.807, 2.05) is 6.07 Å². The molecule has 0 aliphatic carbocycles. The molecule has 1 heterocycles. The smallest absolute Gasteiger partial charge is 0.312 e. The molecule has 0 bridgehead atoms. The number of aliphatic hydroxyl groups is 1. The van der Waals surface area contributed by atoms with Crippen molar-refractivity contribution in [3.8, 4) is 11.6 Å². The number of hydrogen-bond acceptors (Lipinski definition) is 5. The molecule has 21 heavy (non-hydrogen) atoms. The predicted molar refractivity (Wildman–Crippen MR) is 77.5 cm³/mol. The fourth-order valence-electron chi connectivity index (χ4n) is 2.00. The van der Waals surface area contributed by atoms with Crippen LogP contribution in [0.2, 0.25) is 0 Å². The molecule has 6 heteroatoms. The first kappa shape index (κ1) is 14.9. The summed E-state index contributed by atoms with van der Waals surface area (Å²) < 4.78 is 5.56. The Kier molecular flexibility index (Phi) is 4.18. The molecule has 0 aliphatic rings. The highest BCUT2D eigenvalue weighted by molar-refractivity contribution is 5.54. The minimum Gasteiger partial charge on any atom is -0.432 e. The number of nitro groups is 1. The number of ether oxygens (including phenoxy) is 1. The number of aryl methyl sites for hydroxylation is 2. The first-order valence-electron chi connectivity index (χ1n) is 6.46. The van der Waals surface area contributed by atoms with Crippen molar-refractivity contribution in [2.45, 2.75) is 26.9 Å². The molecule has 2 aromatic rings. The summed E-state index contributed by atoms with van der Waals surface area (Å²) >= 11 is 0. The van der Waals surface area contributed by atoms with Crippen LogP contribution in [0, 0.1) is 24.0 Å². The maximum absolute atomic E-state index is 11.1. The molecule has 0 fully saturated rings. The van der Waals surface area contributed by atoms with Gasteiger partial charge in [0.05, 0.1) is 11.0 Å². The quantitative estimate of drug-likeness (QED) is 0.688. The average molecular weight is 288 g/mol. The summed E-state index contributed by atoms with van der Waals surface area (Å²) in [6.07, 6.45) is 0.858. The normalized spacial score (nSPS) is 12.0. The molecule has 0 amide bonds. The van der Waals surface area contributed by atoms with Gasteiger partial charge in [-0.1, -0.05) is 6.07 Å². The number of rotatable bonds is 4. The van der Waals surface area contributed by atoms with Crippen molar-refractivity contribution < 1.29 is 14.8 Å². The van der Waals surface area contributed by atoms with Crippen molar-refractivity contribution in [3.63, 3.8) is 0 Å². The lowest BCUT2D eigenvalue weighted by molar-refractivity contribution is -0.385. The topological polar surface area (TPSA) is 85.5 Å². The van der Waals surface area contributed by atoms with E-state index in [1.54, 1.807) is 32.9 Å². The van der Waals surface area contributed by atoms with Crippen molar-refractivity contribution in [1.29, 1.82) is 0 Å². The summed E-state index contributed by atoms with van der Waals surface area (Å²) in [5.74, 6) is 0.428. The van der Waals surface area contributed by atoms with Crippen LogP contribution in [-0.2, 0) is 0 Å². The first-order valence-corrected chi connectivity index (χ1v) is 6.46. The van der Waals surface area contributed by atoms with E-state index >= 15 is 0 Å². The zero-order valence-corrected chi connectivity index (χ0v) is 12.0. The molecule has 0 saturated carbocycles. The molecule has 110 valence electrons. The van der Waals surface area contributed by atoms with Crippen LogP contribution >= 0.6 is 0 Å². The molecule has 1 N–H and O–H groups in total. The Labute approximate surface area is 122 Å². The second-order valence-electron chi connectivity index (χ2n) is 4.89.